The number of carboxylic acid groups (broad SMARTS) is 1. The van der Waals surface area contributed by atoms with Crippen LogP contribution in [0, 0.1) is 0 Å². The number of carboxylic acids is 1. The number of rotatable bonds is 7. The van der Waals surface area contributed by atoms with Crippen molar-refractivity contribution < 1.29 is 14.7 Å². The lowest BCUT2D eigenvalue weighted by Gasteiger charge is -2.17. The van der Waals surface area contributed by atoms with Crippen LogP contribution in [0.25, 0.3) is 10.8 Å². The molecule has 1 atom stereocenters. The maximum absolute atomic E-state index is 12.4. The van der Waals surface area contributed by atoms with Crippen molar-refractivity contribution >= 4 is 34.2 Å². The number of benzene rings is 3. The maximum atomic E-state index is 12.4. The van der Waals surface area contributed by atoms with Gasteiger partial charge in [-0.05, 0) is 40.5 Å². The third-order valence-electron chi connectivity index (χ3n) is 4.36. The summed E-state index contributed by atoms with van der Waals surface area (Å²) in [6.07, 6.45) is 0.522. The molecule has 0 bridgehead atoms. The average molecular weight is 382 g/mol. The van der Waals surface area contributed by atoms with Gasteiger partial charge in [0.15, 0.2) is 0 Å². The minimum absolute atomic E-state index is 0.126. The lowest BCUT2D eigenvalue weighted by Crippen LogP contribution is -2.38. The van der Waals surface area contributed by atoms with Crippen LogP contribution in [0.5, 0.6) is 0 Å². The molecule has 0 aromatic heterocycles. The summed E-state index contributed by atoms with van der Waals surface area (Å²) in [6.45, 7) is 0. The van der Waals surface area contributed by atoms with Crippen molar-refractivity contribution in [3.8, 4) is 0 Å². The Labute approximate surface area is 162 Å². The van der Waals surface area contributed by atoms with E-state index >= 15 is 0 Å². The van der Waals surface area contributed by atoms with Crippen LogP contribution in [0.2, 0.25) is 5.02 Å². The molecular weight excluding hydrogens is 362 g/mol. The number of nitrogens with one attached hydrogen (secondary N) is 1. The van der Waals surface area contributed by atoms with E-state index in [9.17, 15) is 14.7 Å². The van der Waals surface area contributed by atoms with Crippen LogP contribution in [-0.2, 0) is 22.4 Å². The predicted octanol–water partition coefficient (Wildman–Crippen LogP) is 4.24. The molecule has 3 aromatic rings. The molecule has 0 saturated heterocycles. The molecule has 0 spiro atoms. The summed E-state index contributed by atoms with van der Waals surface area (Å²) in [4.78, 5) is 23.6. The summed E-state index contributed by atoms with van der Waals surface area (Å²) < 4.78 is 0. The smallest absolute Gasteiger partial charge is 0.305 e. The van der Waals surface area contributed by atoms with Crippen molar-refractivity contribution in [1.82, 2.24) is 5.32 Å². The zero-order chi connectivity index (χ0) is 19.2. The Bertz CT molecular complexity index is 953. The van der Waals surface area contributed by atoms with Crippen molar-refractivity contribution in [2.45, 2.75) is 25.3 Å². The van der Waals surface area contributed by atoms with Crippen LogP contribution < -0.4 is 5.32 Å². The van der Waals surface area contributed by atoms with Gasteiger partial charge in [0.1, 0.15) is 0 Å². The Kier molecular flexibility index (Phi) is 6.09. The first-order chi connectivity index (χ1) is 13.0. The number of hydrogen-bond acceptors (Lipinski definition) is 2. The van der Waals surface area contributed by atoms with Gasteiger partial charge in [0.05, 0.1) is 12.8 Å². The number of aliphatic carboxylic acids is 1. The third-order valence-corrected chi connectivity index (χ3v) is 4.61. The monoisotopic (exact) mass is 381 g/mol. The number of amides is 1. The van der Waals surface area contributed by atoms with Gasteiger partial charge in [-0.25, -0.2) is 0 Å². The molecule has 0 aliphatic carbocycles. The minimum Gasteiger partial charge on any atom is -0.481 e. The zero-order valence-corrected chi connectivity index (χ0v) is 15.4. The second kappa shape index (κ2) is 8.69. The molecular formula is C22H20ClNO3. The van der Waals surface area contributed by atoms with Crippen LogP contribution in [0.1, 0.15) is 17.5 Å². The fraction of sp³-hybridized carbons (Fsp3) is 0.182. The molecule has 5 heteroatoms. The first-order valence-electron chi connectivity index (χ1n) is 8.73. The van der Waals surface area contributed by atoms with E-state index in [1.54, 1.807) is 24.3 Å². The molecule has 138 valence electrons. The summed E-state index contributed by atoms with van der Waals surface area (Å²) >= 11 is 5.86. The van der Waals surface area contributed by atoms with Gasteiger partial charge in [0.25, 0.3) is 0 Å². The first-order valence-corrected chi connectivity index (χ1v) is 9.10. The standard InChI is InChI=1S/C22H20ClNO3/c23-19-9-6-15(7-10-19)13-21(25)24-20(14-22(26)27)12-16-5-8-17-3-1-2-4-18(17)11-16/h1-11,20H,12-14H2,(H,24,25)(H,26,27)/t20-/m1/s1. The van der Waals surface area contributed by atoms with E-state index in [2.05, 4.69) is 5.32 Å². The van der Waals surface area contributed by atoms with Gasteiger partial charge in [-0.1, -0.05) is 66.2 Å². The quantitative estimate of drug-likeness (QED) is 0.643. The molecule has 0 aliphatic rings. The molecule has 0 aliphatic heterocycles. The summed E-state index contributed by atoms with van der Waals surface area (Å²) in [5.41, 5.74) is 1.82. The van der Waals surface area contributed by atoms with Gasteiger partial charge in [0.2, 0.25) is 5.91 Å². The van der Waals surface area contributed by atoms with Crippen LogP contribution in [-0.4, -0.2) is 23.0 Å². The van der Waals surface area contributed by atoms with E-state index in [0.29, 0.717) is 11.4 Å². The molecule has 1 amide bonds. The fourth-order valence-corrected chi connectivity index (χ4v) is 3.23. The number of halogens is 1. The van der Waals surface area contributed by atoms with Crippen molar-refractivity contribution in [3.05, 3.63) is 82.9 Å². The zero-order valence-electron chi connectivity index (χ0n) is 14.7. The summed E-state index contributed by atoms with van der Waals surface area (Å²) in [5, 5.41) is 14.9. The number of fused-ring (bicyclic) bond motifs is 1. The van der Waals surface area contributed by atoms with Gasteiger partial charge in [-0.15, -0.1) is 0 Å². The fourth-order valence-electron chi connectivity index (χ4n) is 3.10. The highest BCUT2D eigenvalue weighted by Crippen LogP contribution is 2.17. The Balaban J connectivity index is 1.69. The third kappa shape index (κ3) is 5.56. The highest BCUT2D eigenvalue weighted by atomic mass is 35.5. The van der Waals surface area contributed by atoms with Gasteiger partial charge in [-0.3, -0.25) is 9.59 Å². The Morgan fingerprint density at radius 2 is 1.59 bits per heavy atom. The summed E-state index contributed by atoms with van der Waals surface area (Å²) in [7, 11) is 0. The van der Waals surface area contributed by atoms with Crippen LogP contribution in [0.4, 0.5) is 0 Å². The maximum Gasteiger partial charge on any atom is 0.305 e. The van der Waals surface area contributed by atoms with Gasteiger partial charge < -0.3 is 10.4 Å². The first kappa shape index (κ1) is 18.9. The SMILES string of the molecule is O=C(O)C[C@@H](Cc1ccc2ccccc2c1)NC(=O)Cc1ccc(Cl)cc1. The van der Waals surface area contributed by atoms with Crippen LogP contribution >= 0.6 is 11.6 Å². The molecule has 0 saturated carbocycles. The highest BCUT2D eigenvalue weighted by molar-refractivity contribution is 6.30. The van der Waals surface area contributed by atoms with E-state index in [0.717, 1.165) is 21.9 Å². The molecule has 3 aromatic carbocycles. The summed E-state index contributed by atoms with van der Waals surface area (Å²) in [6, 6.07) is 20.6. The lowest BCUT2D eigenvalue weighted by molar-refractivity contribution is -0.137. The van der Waals surface area contributed by atoms with E-state index < -0.39 is 12.0 Å². The highest BCUT2D eigenvalue weighted by Gasteiger charge is 2.17. The second-order valence-electron chi connectivity index (χ2n) is 6.55. The average Bonchev–Trinajstić information content (AvgIpc) is 2.63. The van der Waals surface area contributed by atoms with Crippen molar-refractivity contribution in [3.63, 3.8) is 0 Å². The van der Waals surface area contributed by atoms with E-state index in [-0.39, 0.29) is 18.7 Å². The van der Waals surface area contributed by atoms with Crippen LogP contribution in [0.3, 0.4) is 0 Å². The van der Waals surface area contributed by atoms with E-state index in [1.165, 1.54) is 0 Å². The molecule has 27 heavy (non-hydrogen) atoms. The van der Waals surface area contributed by atoms with Gasteiger partial charge in [0, 0.05) is 11.1 Å². The summed E-state index contributed by atoms with van der Waals surface area (Å²) in [5.74, 6) is -1.14. The molecule has 0 heterocycles. The van der Waals surface area contributed by atoms with Crippen LogP contribution in [0.15, 0.2) is 66.7 Å². The number of hydrogen-bond donors (Lipinski definition) is 2. The normalized spacial score (nSPS) is 11.9. The minimum atomic E-state index is -0.937. The Morgan fingerprint density at radius 3 is 2.30 bits per heavy atom. The molecule has 4 nitrogen and oxygen atoms in total. The predicted molar refractivity (Wildman–Crippen MR) is 107 cm³/mol. The number of carbonyl (C=O) groups excluding carboxylic acids is 1. The molecule has 0 unspecified atom stereocenters. The molecule has 0 fully saturated rings. The van der Waals surface area contributed by atoms with Gasteiger partial charge in [-0.2, -0.15) is 0 Å². The molecule has 2 N–H and O–H groups in total. The van der Waals surface area contributed by atoms with E-state index in [4.69, 9.17) is 11.6 Å². The largest absolute Gasteiger partial charge is 0.481 e. The Hall–Kier alpha value is -2.85. The number of carbonyl (C=O) groups is 2. The topological polar surface area (TPSA) is 66.4 Å². The molecule has 3 rings (SSSR count). The van der Waals surface area contributed by atoms with Gasteiger partial charge >= 0.3 is 5.97 Å². The second-order valence-corrected chi connectivity index (χ2v) is 6.99. The van der Waals surface area contributed by atoms with Crippen molar-refractivity contribution in [2.75, 3.05) is 0 Å². The Morgan fingerprint density at radius 1 is 0.926 bits per heavy atom. The van der Waals surface area contributed by atoms with Crippen molar-refractivity contribution in [1.29, 1.82) is 0 Å². The van der Waals surface area contributed by atoms with Crippen molar-refractivity contribution in [2.24, 2.45) is 0 Å². The molecule has 0 radical (unpaired) electrons. The lowest BCUT2D eigenvalue weighted by atomic mass is 9.99. The van der Waals surface area contributed by atoms with E-state index in [1.807, 2.05) is 42.5 Å².